The average molecular weight is 643 g/mol. The second kappa shape index (κ2) is 40.1. The van der Waals surface area contributed by atoms with Crippen LogP contribution in [0.2, 0.25) is 0 Å². The summed E-state index contributed by atoms with van der Waals surface area (Å²) in [6, 6.07) is 0. The van der Waals surface area contributed by atoms with Crippen molar-refractivity contribution in [3.05, 3.63) is 0 Å². The Morgan fingerprint density at radius 3 is 0.864 bits per heavy atom. The number of ether oxygens (including phenoxy) is 12. The first-order valence-corrected chi connectivity index (χ1v) is 16.2. The minimum Gasteiger partial charge on any atom is -0.469 e. The number of carbonyl (C=O) groups is 1. The van der Waals surface area contributed by atoms with Crippen molar-refractivity contribution in [2.75, 3.05) is 152 Å². The van der Waals surface area contributed by atoms with E-state index >= 15 is 0 Å². The topological polar surface area (TPSA) is 128 Å². The molecule has 0 heterocycles. The van der Waals surface area contributed by atoms with Gasteiger partial charge in [-0.2, -0.15) is 0 Å². The highest BCUT2D eigenvalue weighted by molar-refractivity contribution is 5.69. The molecule has 0 spiro atoms. The van der Waals surface area contributed by atoms with Gasteiger partial charge < -0.3 is 56.8 Å². The van der Waals surface area contributed by atoms with Crippen molar-refractivity contribution in [2.45, 2.75) is 45.4 Å². The van der Waals surface area contributed by atoms with Crippen molar-refractivity contribution in [1.29, 1.82) is 0 Å². The van der Waals surface area contributed by atoms with Crippen LogP contribution in [-0.4, -0.2) is 158 Å². The maximum Gasteiger partial charge on any atom is 0.307 e. The summed E-state index contributed by atoms with van der Waals surface area (Å²) >= 11 is 0. The second-order valence-electron chi connectivity index (χ2n) is 9.48. The van der Waals surface area contributed by atoms with E-state index in [0.717, 1.165) is 13.0 Å². The van der Waals surface area contributed by atoms with Crippen molar-refractivity contribution in [3.63, 3.8) is 0 Å². The number of carbonyl (C=O) groups excluding carboxylic acids is 1. The van der Waals surface area contributed by atoms with Gasteiger partial charge in [-0.25, -0.2) is 0 Å². The summed E-state index contributed by atoms with van der Waals surface area (Å²) in [4.78, 5) is 10.9. The lowest BCUT2D eigenvalue weighted by Crippen LogP contribution is -2.15. The smallest absolute Gasteiger partial charge is 0.307 e. The highest BCUT2D eigenvalue weighted by Crippen LogP contribution is 2.02. The zero-order chi connectivity index (χ0) is 31.9. The summed E-state index contributed by atoms with van der Waals surface area (Å²) < 4.78 is 64.4. The minimum atomic E-state index is -0.284. The van der Waals surface area contributed by atoms with Gasteiger partial charge in [0.25, 0.3) is 0 Å². The van der Waals surface area contributed by atoms with E-state index in [2.05, 4.69) is 11.7 Å². The Morgan fingerprint density at radius 1 is 0.341 bits per heavy atom. The Hall–Kier alpha value is -0.970. The quantitative estimate of drug-likeness (QED) is 0.0721. The van der Waals surface area contributed by atoms with E-state index in [0.29, 0.717) is 139 Å². The van der Waals surface area contributed by atoms with Crippen molar-refractivity contribution in [2.24, 2.45) is 0 Å². The molecule has 0 fully saturated rings. The molecule has 0 aromatic carbocycles. The molecule has 44 heavy (non-hydrogen) atoms. The summed E-state index contributed by atoms with van der Waals surface area (Å²) in [5.74, 6) is -0.284. The molecule has 0 atom stereocenters. The predicted molar refractivity (Wildman–Crippen MR) is 164 cm³/mol. The molecule has 0 saturated carbocycles. The fourth-order valence-corrected chi connectivity index (χ4v) is 3.37. The number of esters is 1. The van der Waals surface area contributed by atoms with Gasteiger partial charge in [0.2, 0.25) is 0 Å². The van der Waals surface area contributed by atoms with Crippen LogP contribution in [0.5, 0.6) is 0 Å². The lowest BCUT2D eigenvalue weighted by atomic mass is 10.2. The van der Waals surface area contributed by atoms with Crippen LogP contribution in [0, 0.1) is 0 Å². The maximum absolute atomic E-state index is 10.9. The lowest BCUT2D eigenvalue weighted by molar-refractivity contribution is -0.141. The highest BCUT2D eigenvalue weighted by Gasteiger charge is 1.99. The monoisotopic (exact) mass is 642 g/mol. The van der Waals surface area contributed by atoms with Crippen LogP contribution in [0.3, 0.4) is 0 Å². The molecule has 13 nitrogen and oxygen atoms in total. The zero-order valence-electron chi connectivity index (χ0n) is 27.6. The maximum atomic E-state index is 10.9. The van der Waals surface area contributed by atoms with Gasteiger partial charge in [0.05, 0.1) is 152 Å². The highest BCUT2D eigenvalue weighted by atomic mass is 16.6. The van der Waals surface area contributed by atoms with E-state index in [1.54, 1.807) is 0 Å². The molecule has 0 unspecified atom stereocenters. The molecule has 0 rings (SSSR count). The first-order chi connectivity index (χ1) is 21.8. The van der Waals surface area contributed by atoms with E-state index in [1.807, 2.05) is 0 Å². The van der Waals surface area contributed by atoms with Gasteiger partial charge in [-0.15, -0.1) is 0 Å². The summed E-state index contributed by atoms with van der Waals surface area (Å²) in [7, 11) is 1.35. The van der Waals surface area contributed by atoms with E-state index in [4.69, 9.17) is 52.1 Å². The van der Waals surface area contributed by atoms with Crippen molar-refractivity contribution in [3.8, 4) is 0 Å². The number of hydrogen-bond donors (Lipinski definition) is 0. The number of hydrogen-bond acceptors (Lipinski definition) is 13. The molecule has 264 valence electrons. The third-order valence-corrected chi connectivity index (χ3v) is 5.79. The van der Waals surface area contributed by atoms with Gasteiger partial charge in [-0.1, -0.05) is 32.6 Å². The summed E-state index contributed by atoms with van der Waals surface area (Å²) in [5, 5.41) is 0. The van der Waals surface area contributed by atoms with Crippen molar-refractivity contribution >= 4 is 5.97 Å². The van der Waals surface area contributed by atoms with Crippen LogP contribution in [0.4, 0.5) is 0 Å². The van der Waals surface area contributed by atoms with Crippen LogP contribution >= 0.6 is 0 Å². The van der Waals surface area contributed by atoms with E-state index in [-0.39, 0.29) is 12.4 Å². The zero-order valence-corrected chi connectivity index (χ0v) is 27.6. The third-order valence-electron chi connectivity index (χ3n) is 5.79. The molecule has 0 bridgehead atoms. The molecule has 13 heteroatoms. The van der Waals surface area contributed by atoms with Crippen LogP contribution < -0.4 is 0 Å². The van der Waals surface area contributed by atoms with E-state index in [9.17, 15) is 4.79 Å². The fraction of sp³-hybridized carbons (Fsp3) is 0.968. The van der Waals surface area contributed by atoms with Gasteiger partial charge >= 0.3 is 5.97 Å². The predicted octanol–water partition coefficient (Wildman–Crippen LogP) is 2.70. The van der Waals surface area contributed by atoms with E-state index < -0.39 is 0 Å². The van der Waals surface area contributed by atoms with Crippen LogP contribution in [-0.2, 0) is 61.6 Å². The van der Waals surface area contributed by atoms with Gasteiger partial charge in [0, 0.05) is 6.61 Å². The van der Waals surface area contributed by atoms with Gasteiger partial charge in [0.15, 0.2) is 0 Å². The van der Waals surface area contributed by atoms with Gasteiger partial charge in [-0.3, -0.25) is 4.79 Å². The van der Waals surface area contributed by atoms with Gasteiger partial charge in [-0.05, 0) is 6.42 Å². The molecule has 0 radical (unpaired) electrons. The SMILES string of the molecule is CCCCCCCOCCOCCOCCOCCOCCOCCOCCOCCOCCOCCOCCC(=O)OC. The molecule has 0 aliphatic carbocycles. The van der Waals surface area contributed by atoms with Crippen LogP contribution in [0.15, 0.2) is 0 Å². The standard InChI is InChI=1S/C31H62O13/c1-3-4-5-6-7-9-34-11-13-36-15-17-38-19-21-40-23-25-42-27-29-44-30-28-43-26-24-41-22-20-39-18-16-37-14-12-35-10-8-31(32)33-2/h3-30H2,1-2H3. The number of rotatable bonds is 39. The van der Waals surface area contributed by atoms with Crippen LogP contribution in [0.1, 0.15) is 45.4 Å². The molecule has 0 aromatic heterocycles. The number of unbranched alkanes of at least 4 members (excludes halogenated alkanes) is 4. The molecule has 0 aromatic rings. The summed E-state index contributed by atoms with van der Waals surface area (Å²) in [6.45, 7) is 13.7. The molecular formula is C31H62O13. The molecule has 0 N–H and O–H groups in total. The first-order valence-electron chi connectivity index (χ1n) is 16.2. The first kappa shape index (κ1) is 43.0. The Morgan fingerprint density at radius 2 is 0.591 bits per heavy atom. The Labute approximate surface area is 265 Å². The third kappa shape index (κ3) is 39.1. The molecule has 0 saturated heterocycles. The molecule has 0 amide bonds. The summed E-state index contributed by atoms with van der Waals surface area (Å²) in [5.41, 5.74) is 0. The summed E-state index contributed by atoms with van der Waals surface area (Å²) in [6.07, 6.45) is 6.51. The Balaban J connectivity index is 3.04. The lowest BCUT2D eigenvalue weighted by Gasteiger charge is -2.09. The van der Waals surface area contributed by atoms with E-state index in [1.165, 1.54) is 32.8 Å². The molecule has 0 aliphatic heterocycles. The van der Waals surface area contributed by atoms with Gasteiger partial charge in [0.1, 0.15) is 0 Å². The minimum absolute atomic E-state index is 0.247. The number of methoxy groups -OCH3 is 1. The second-order valence-corrected chi connectivity index (χ2v) is 9.48. The largest absolute Gasteiger partial charge is 0.469 e. The molecular weight excluding hydrogens is 580 g/mol. The normalized spacial score (nSPS) is 11.4. The fourth-order valence-electron chi connectivity index (χ4n) is 3.37. The van der Waals surface area contributed by atoms with Crippen molar-refractivity contribution < 1.29 is 61.6 Å². The molecule has 0 aliphatic rings. The van der Waals surface area contributed by atoms with Crippen molar-refractivity contribution in [1.82, 2.24) is 0 Å². The Bertz CT molecular complexity index is 543. The average Bonchev–Trinajstić information content (AvgIpc) is 3.04. The van der Waals surface area contributed by atoms with Crippen LogP contribution in [0.25, 0.3) is 0 Å². The Kier molecular flexibility index (Phi) is 39.2.